The van der Waals surface area contributed by atoms with Gasteiger partial charge in [-0.15, -0.1) is 0 Å². The summed E-state index contributed by atoms with van der Waals surface area (Å²) in [6.07, 6.45) is 2.72. The molecule has 0 fully saturated rings. The highest BCUT2D eigenvalue weighted by Crippen LogP contribution is 2.27. The van der Waals surface area contributed by atoms with Crippen LogP contribution in [0.25, 0.3) is 0 Å². The molecule has 3 rings (SSSR count). The minimum absolute atomic E-state index is 0.00306. The molecule has 0 saturated heterocycles. The van der Waals surface area contributed by atoms with Gasteiger partial charge in [-0.3, -0.25) is 14.6 Å². The Labute approximate surface area is 113 Å². The zero-order valence-corrected chi connectivity index (χ0v) is 11.2. The van der Waals surface area contributed by atoms with Crippen LogP contribution in [0, 0.1) is 5.92 Å². The summed E-state index contributed by atoms with van der Waals surface area (Å²) in [4.78, 5) is 29.9. The maximum Gasteiger partial charge on any atom is 0.257 e. The summed E-state index contributed by atoms with van der Waals surface area (Å²) in [6.45, 7) is 0. The number of H-pyrrole nitrogens is 1. The van der Waals surface area contributed by atoms with E-state index in [0.717, 1.165) is 6.26 Å². The predicted molar refractivity (Wildman–Crippen MR) is 68.9 cm³/mol. The first-order valence-electron chi connectivity index (χ1n) is 5.72. The quantitative estimate of drug-likeness (QED) is 0.566. The third-order valence-corrected chi connectivity index (χ3v) is 4.03. The van der Waals surface area contributed by atoms with Gasteiger partial charge in [0.15, 0.2) is 0 Å². The van der Waals surface area contributed by atoms with Crippen molar-refractivity contribution in [2.75, 3.05) is 11.6 Å². The Bertz CT molecular complexity index is 897. The first kappa shape index (κ1) is 12.6. The van der Waals surface area contributed by atoms with Gasteiger partial charge in [-0.2, -0.15) is 0 Å². The summed E-state index contributed by atoms with van der Waals surface area (Å²) >= 11 is 0. The van der Waals surface area contributed by atoms with E-state index in [1.54, 1.807) is 6.08 Å². The number of allylic oxidation sites excluding steroid dienone is 1. The molecule has 2 N–H and O–H groups in total. The normalized spacial score (nSPS) is 19.9. The van der Waals surface area contributed by atoms with Gasteiger partial charge in [0.25, 0.3) is 5.56 Å². The molecule has 1 unspecified atom stereocenters. The molecular formula is C12H9N3O4S. The molecule has 1 aromatic heterocycles. The van der Waals surface area contributed by atoms with E-state index < -0.39 is 26.5 Å². The highest BCUT2D eigenvalue weighted by Gasteiger charge is 2.32. The van der Waals surface area contributed by atoms with Gasteiger partial charge >= 0.3 is 0 Å². The van der Waals surface area contributed by atoms with Crippen molar-refractivity contribution in [3.63, 3.8) is 0 Å². The van der Waals surface area contributed by atoms with E-state index in [1.165, 1.54) is 0 Å². The van der Waals surface area contributed by atoms with E-state index in [4.69, 9.17) is 0 Å². The van der Waals surface area contributed by atoms with Crippen molar-refractivity contribution in [1.29, 1.82) is 0 Å². The zero-order chi connectivity index (χ0) is 14.5. The zero-order valence-electron chi connectivity index (χ0n) is 10.4. The monoisotopic (exact) mass is 291 g/mol. The van der Waals surface area contributed by atoms with Gasteiger partial charge < -0.3 is 5.32 Å². The van der Waals surface area contributed by atoms with Crippen LogP contribution in [0.15, 0.2) is 33.1 Å². The van der Waals surface area contributed by atoms with Crippen LogP contribution >= 0.6 is 0 Å². The Balaban J connectivity index is 2.10. The molecule has 1 aliphatic carbocycles. The first-order valence-corrected chi connectivity index (χ1v) is 7.61. The van der Waals surface area contributed by atoms with Gasteiger partial charge in [0.05, 0.1) is 11.5 Å². The number of rotatable bonds is 2. The molecule has 7 nitrogen and oxygen atoms in total. The fourth-order valence-corrected chi connectivity index (χ4v) is 2.58. The van der Waals surface area contributed by atoms with Gasteiger partial charge in [0.1, 0.15) is 5.82 Å². The van der Waals surface area contributed by atoms with Crippen LogP contribution in [0.5, 0.6) is 0 Å². The summed E-state index contributed by atoms with van der Waals surface area (Å²) in [5, 5.41) is 2.01. The maximum atomic E-state index is 11.9. The van der Waals surface area contributed by atoms with Gasteiger partial charge in [0.2, 0.25) is 20.9 Å². The van der Waals surface area contributed by atoms with Crippen molar-refractivity contribution >= 4 is 21.6 Å². The maximum absolute atomic E-state index is 11.9. The second-order valence-electron chi connectivity index (χ2n) is 4.59. The van der Waals surface area contributed by atoms with Crippen LogP contribution in [-0.2, 0) is 21.1 Å². The standard InChI is InChI=1S/C12H9N3O4S/c1-20(18,19)12-14-9-8(11(17)15-12)5-7(10(16)13-9)6-3-2-4-6/h3,7H,5H2,1H3,(H2,13,14,15,16,17). The topological polar surface area (TPSA) is 109 Å². The van der Waals surface area contributed by atoms with Gasteiger partial charge in [-0.1, -0.05) is 11.5 Å². The number of amides is 1. The number of aromatic nitrogens is 2. The number of hydrogen-bond acceptors (Lipinski definition) is 5. The predicted octanol–water partition coefficient (Wildman–Crippen LogP) is -0.466. The van der Waals surface area contributed by atoms with Crippen LogP contribution in [0.1, 0.15) is 5.56 Å². The third kappa shape index (κ3) is 1.92. The van der Waals surface area contributed by atoms with E-state index in [9.17, 15) is 18.0 Å². The van der Waals surface area contributed by atoms with Gasteiger partial charge in [0, 0.05) is 17.9 Å². The van der Waals surface area contributed by atoms with Crippen LogP contribution in [0.4, 0.5) is 5.82 Å². The third-order valence-electron chi connectivity index (χ3n) is 3.13. The Morgan fingerprint density at radius 1 is 1.40 bits per heavy atom. The average Bonchev–Trinajstić information content (AvgIpc) is 2.27. The number of anilines is 1. The van der Waals surface area contributed by atoms with E-state index in [0.29, 0.717) is 5.57 Å². The molecule has 8 heteroatoms. The minimum Gasteiger partial charge on any atom is -0.310 e. The molecule has 0 aromatic carbocycles. The average molecular weight is 291 g/mol. The van der Waals surface area contributed by atoms with Crippen LogP contribution in [0.2, 0.25) is 0 Å². The van der Waals surface area contributed by atoms with E-state index >= 15 is 0 Å². The molecule has 2 heterocycles. The molecule has 20 heavy (non-hydrogen) atoms. The SMILES string of the molecule is CS(=O)(=O)c1nc2c(c(=O)[nH]1)CC(C1=C=C=C1)C(=O)N2. The second-order valence-corrected chi connectivity index (χ2v) is 6.52. The fourth-order valence-electron chi connectivity index (χ4n) is 2.04. The van der Waals surface area contributed by atoms with Gasteiger partial charge in [-0.25, -0.2) is 13.4 Å². The molecule has 1 atom stereocenters. The highest BCUT2D eigenvalue weighted by atomic mass is 32.2. The Morgan fingerprint density at radius 2 is 2.10 bits per heavy atom. The van der Waals surface area contributed by atoms with E-state index in [-0.39, 0.29) is 23.7 Å². The number of fused-ring (bicyclic) bond motifs is 1. The molecule has 0 radical (unpaired) electrons. The van der Waals surface area contributed by atoms with E-state index in [2.05, 4.69) is 26.7 Å². The molecule has 2 aliphatic rings. The molecular weight excluding hydrogens is 282 g/mol. The Morgan fingerprint density at radius 3 is 2.65 bits per heavy atom. The molecule has 0 bridgehead atoms. The van der Waals surface area contributed by atoms with Crippen molar-refractivity contribution in [1.82, 2.24) is 9.97 Å². The van der Waals surface area contributed by atoms with Crippen molar-refractivity contribution < 1.29 is 13.2 Å². The molecule has 0 spiro atoms. The molecule has 0 saturated carbocycles. The van der Waals surface area contributed by atoms with Crippen molar-refractivity contribution in [3.05, 3.63) is 39.0 Å². The van der Waals surface area contributed by atoms with Crippen molar-refractivity contribution in [3.8, 4) is 0 Å². The highest BCUT2D eigenvalue weighted by molar-refractivity contribution is 7.90. The van der Waals surface area contributed by atoms with Crippen LogP contribution in [0.3, 0.4) is 0 Å². The smallest absolute Gasteiger partial charge is 0.257 e. The Hall–Kier alpha value is -2.40. The van der Waals surface area contributed by atoms with Crippen molar-refractivity contribution in [2.45, 2.75) is 11.6 Å². The largest absolute Gasteiger partial charge is 0.310 e. The summed E-state index contributed by atoms with van der Waals surface area (Å²) in [6, 6.07) is 0. The number of nitrogens with one attached hydrogen (secondary N) is 2. The fraction of sp³-hybridized carbons (Fsp3) is 0.250. The second kappa shape index (κ2) is 4.05. The molecule has 102 valence electrons. The lowest BCUT2D eigenvalue weighted by Crippen LogP contribution is -2.36. The molecule has 1 aromatic rings. The summed E-state index contributed by atoms with van der Waals surface area (Å²) in [5.41, 5.74) is 5.79. The van der Waals surface area contributed by atoms with Crippen molar-refractivity contribution in [2.24, 2.45) is 5.92 Å². The summed E-state index contributed by atoms with van der Waals surface area (Å²) < 4.78 is 22.8. The summed E-state index contributed by atoms with van der Waals surface area (Å²) in [7, 11) is -3.65. The number of carbonyl (C=O) groups is 1. The number of carbonyl (C=O) groups excluding carboxylic acids is 1. The number of hydrogen-bond donors (Lipinski definition) is 2. The number of nitrogens with zero attached hydrogens (tertiary/aromatic N) is 1. The minimum atomic E-state index is -3.65. The Kier molecular flexibility index (Phi) is 2.55. The number of sulfone groups is 1. The van der Waals surface area contributed by atoms with E-state index in [1.807, 2.05) is 0 Å². The van der Waals surface area contributed by atoms with Crippen LogP contribution < -0.4 is 10.9 Å². The summed E-state index contributed by atoms with van der Waals surface area (Å²) in [5.74, 6) is -0.852. The molecule has 1 amide bonds. The lowest BCUT2D eigenvalue weighted by molar-refractivity contribution is -0.119. The number of aromatic amines is 1. The molecule has 1 aliphatic heterocycles. The lowest BCUT2D eigenvalue weighted by Gasteiger charge is -2.23. The first-order chi connectivity index (χ1) is 9.36. The lowest BCUT2D eigenvalue weighted by atomic mass is 9.87. The van der Waals surface area contributed by atoms with Gasteiger partial charge in [-0.05, 0) is 6.42 Å². The van der Waals surface area contributed by atoms with Crippen LogP contribution in [-0.4, -0.2) is 30.5 Å².